The molecule has 0 saturated heterocycles. The largest absolute Gasteiger partial charge is 0.490 e. The zero-order chi connectivity index (χ0) is 27.1. The average Bonchev–Trinajstić information content (AvgIpc) is 2.88. The molecule has 1 atom stereocenters. The van der Waals surface area contributed by atoms with Gasteiger partial charge in [0.1, 0.15) is 36.4 Å². The molecule has 0 fully saturated rings. The minimum absolute atomic E-state index is 0.0483. The van der Waals surface area contributed by atoms with Crippen LogP contribution in [0.4, 0.5) is 0 Å². The molecule has 1 N–H and O–H groups in total. The van der Waals surface area contributed by atoms with E-state index >= 15 is 0 Å². The molecule has 1 unspecified atom stereocenters. The number of rotatable bonds is 13. The molecule has 7 nitrogen and oxygen atoms in total. The zero-order valence-corrected chi connectivity index (χ0v) is 22.7. The highest BCUT2D eigenvalue weighted by Gasteiger charge is 2.37. The fraction of sp³-hybridized carbons (Fsp3) is 0.500. The Morgan fingerprint density at radius 3 is 2.46 bits per heavy atom. The Morgan fingerprint density at radius 2 is 1.76 bits per heavy atom. The van der Waals surface area contributed by atoms with Gasteiger partial charge in [-0.1, -0.05) is 58.5 Å². The van der Waals surface area contributed by atoms with Crippen molar-refractivity contribution in [3.63, 3.8) is 0 Å². The van der Waals surface area contributed by atoms with Gasteiger partial charge in [0.15, 0.2) is 6.79 Å². The third-order valence-electron chi connectivity index (χ3n) is 6.90. The number of hydrogen-bond acceptors (Lipinski definition) is 7. The van der Waals surface area contributed by atoms with E-state index in [0.29, 0.717) is 19.0 Å². The number of ether oxygens (including phenoxy) is 5. The summed E-state index contributed by atoms with van der Waals surface area (Å²) in [7, 11) is 1.58. The van der Waals surface area contributed by atoms with E-state index in [2.05, 4.69) is 46.4 Å². The predicted molar refractivity (Wildman–Crippen MR) is 142 cm³/mol. The number of hydrogen-bond donors (Lipinski definition) is 1. The van der Waals surface area contributed by atoms with Crippen LogP contribution in [0.3, 0.4) is 0 Å². The summed E-state index contributed by atoms with van der Waals surface area (Å²) in [5.41, 5.74) is 3.85. The summed E-state index contributed by atoms with van der Waals surface area (Å²) in [5.74, 6) is 0.167. The summed E-state index contributed by atoms with van der Waals surface area (Å²) in [6.45, 7) is 13.5. The van der Waals surface area contributed by atoms with Crippen LogP contribution in [0.15, 0.2) is 49.1 Å². The first-order valence-corrected chi connectivity index (χ1v) is 12.7. The van der Waals surface area contributed by atoms with E-state index in [9.17, 15) is 9.90 Å². The molecule has 37 heavy (non-hydrogen) atoms. The highest BCUT2D eigenvalue weighted by Crippen LogP contribution is 2.46. The second-order valence-corrected chi connectivity index (χ2v) is 10.6. The molecule has 0 aromatic heterocycles. The predicted octanol–water partition coefficient (Wildman–Crippen LogP) is 5.49. The maximum Gasteiger partial charge on any atom is 0.342 e. The fourth-order valence-corrected chi connectivity index (χ4v) is 4.48. The summed E-state index contributed by atoms with van der Waals surface area (Å²) >= 11 is 0. The number of fused-ring (bicyclic) bond motifs is 1. The van der Waals surface area contributed by atoms with E-state index in [0.717, 1.165) is 18.4 Å². The fourth-order valence-electron chi connectivity index (χ4n) is 4.48. The minimum Gasteiger partial charge on any atom is -0.490 e. The molecule has 2 aromatic carbocycles. The van der Waals surface area contributed by atoms with E-state index < -0.39 is 12.1 Å². The number of aliphatic hydroxyl groups is 1. The van der Waals surface area contributed by atoms with Crippen molar-refractivity contribution < 1.29 is 33.6 Å². The van der Waals surface area contributed by atoms with Crippen LogP contribution in [0.2, 0.25) is 0 Å². The Kier molecular flexibility index (Phi) is 9.76. The maximum atomic E-state index is 12.4. The van der Waals surface area contributed by atoms with Crippen molar-refractivity contribution in [3.8, 4) is 11.5 Å². The molecule has 0 spiro atoms. The minimum atomic E-state index is -0.815. The summed E-state index contributed by atoms with van der Waals surface area (Å²) in [5, 5.41) is 10.9. The molecule has 0 amide bonds. The molecule has 202 valence electrons. The van der Waals surface area contributed by atoms with Crippen molar-refractivity contribution in [1.29, 1.82) is 0 Å². The van der Waals surface area contributed by atoms with Gasteiger partial charge in [-0.05, 0) is 52.5 Å². The first-order valence-electron chi connectivity index (χ1n) is 12.7. The molecule has 3 rings (SSSR count). The summed E-state index contributed by atoms with van der Waals surface area (Å²) < 4.78 is 27.1. The molecule has 7 heteroatoms. The van der Waals surface area contributed by atoms with E-state index in [1.54, 1.807) is 25.3 Å². The lowest BCUT2D eigenvalue weighted by Gasteiger charge is -2.42. The van der Waals surface area contributed by atoms with Crippen LogP contribution in [0, 0.1) is 0 Å². The number of methoxy groups -OCH3 is 1. The van der Waals surface area contributed by atoms with Crippen molar-refractivity contribution >= 4 is 5.97 Å². The Bertz CT molecular complexity index is 1070. The lowest BCUT2D eigenvalue weighted by molar-refractivity contribution is -0.00925. The van der Waals surface area contributed by atoms with Gasteiger partial charge in [0.2, 0.25) is 0 Å². The number of benzene rings is 2. The molecule has 1 aliphatic rings. The van der Waals surface area contributed by atoms with Crippen molar-refractivity contribution in [2.45, 2.75) is 57.5 Å². The van der Waals surface area contributed by atoms with Crippen LogP contribution < -0.4 is 9.47 Å². The van der Waals surface area contributed by atoms with Gasteiger partial charge >= 0.3 is 5.97 Å². The summed E-state index contributed by atoms with van der Waals surface area (Å²) in [6.07, 6.45) is 2.91. The van der Waals surface area contributed by atoms with Gasteiger partial charge < -0.3 is 28.8 Å². The second-order valence-electron chi connectivity index (χ2n) is 10.6. The maximum absolute atomic E-state index is 12.4. The molecule has 1 aliphatic carbocycles. The molecule has 0 aliphatic heterocycles. The monoisotopic (exact) mass is 512 g/mol. The van der Waals surface area contributed by atoms with E-state index in [1.807, 2.05) is 6.07 Å². The van der Waals surface area contributed by atoms with Crippen LogP contribution in [0.1, 0.15) is 73.7 Å². The van der Waals surface area contributed by atoms with Crippen molar-refractivity contribution in [2.24, 2.45) is 0 Å². The first-order chi connectivity index (χ1) is 17.6. The lowest BCUT2D eigenvalue weighted by atomic mass is 9.63. The van der Waals surface area contributed by atoms with Crippen LogP contribution in [-0.2, 0) is 25.0 Å². The average molecular weight is 513 g/mol. The molecule has 0 heterocycles. The number of carbonyl (C=O) groups is 1. The van der Waals surface area contributed by atoms with Crippen molar-refractivity contribution in [2.75, 3.05) is 40.3 Å². The van der Waals surface area contributed by atoms with Gasteiger partial charge in [0.25, 0.3) is 0 Å². The summed E-state index contributed by atoms with van der Waals surface area (Å²) in [4.78, 5) is 12.4. The SMILES string of the molecule is C=CCOC(=O)c1ccc(OCC(O)c2ccc3c(c2)C(C)(C)CCC3(C)C)cc1OCOCCOC. The first kappa shape index (κ1) is 28.7. The molecule has 0 radical (unpaired) electrons. The lowest BCUT2D eigenvalue weighted by Crippen LogP contribution is -2.34. The Hall–Kier alpha value is -2.87. The second kappa shape index (κ2) is 12.6. The van der Waals surface area contributed by atoms with Crippen LogP contribution in [-0.4, -0.2) is 51.4 Å². The topological polar surface area (TPSA) is 83.5 Å². The normalized spacial score (nSPS) is 16.4. The number of esters is 1. The van der Waals surface area contributed by atoms with Crippen LogP contribution in [0.5, 0.6) is 11.5 Å². The van der Waals surface area contributed by atoms with Gasteiger partial charge in [0.05, 0.1) is 13.2 Å². The molecule has 0 bridgehead atoms. The van der Waals surface area contributed by atoms with Gasteiger partial charge in [-0.25, -0.2) is 4.79 Å². The Morgan fingerprint density at radius 1 is 1.03 bits per heavy atom. The molecule has 0 saturated carbocycles. The molecular weight excluding hydrogens is 472 g/mol. The smallest absolute Gasteiger partial charge is 0.342 e. The van der Waals surface area contributed by atoms with Crippen molar-refractivity contribution in [1.82, 2.24) is 0 Å². The Balaban J connectivity index is 1.73. The van der Waals surface area contributed by atoms with Gasteiger partial charge in [-0.15, -0.1) is 0 Å². The van der Waals surface area contributed by atoms with Gasteiger partial charge in [-0.2, -0.15) is 0 Å². The number of carbonyl (C=O) groups excluding carboxylic acids is 1. The standard InChI is InChI=1S/C30H40O7/c1-7-14-35-28(32)23-10-9-22(18-27(23)37-20-34-16-15-33-6)36-19-26(31)21-8-11-24-25(17-21)30(4,5)13-12-29(24,2)3/h7-11,17-18,26,31H,1,12-16,19-20H2,2-6H3. The van der Waals surface area contributed by atoms with Crippen molar-refractivity contribution in [3.05, 3.63) is 71.3 Å². The third kappa shape index (κ3) is 7.34. The van der Waals surface area contributed by atoms with Gasteiger partial charge in [0, 0.05) is 13.2 Å². The molecule has 2 aromatic rings. The highest BCUT2D eigenvalue weighted by atomic mass is 16.7. The quantitative estimate of drug-likeness (QED) is 0.164. The van der Waals surface area contributed by atoms with Crippen LogP contribution in [0.25, 0.3) is 0 Å². The highest BCUT2D eigenvalue weighted by molar-refractivity contribution is 5.92. The van der Waals surface area contributed by atoms with E-state index in [4.69, 9.17) is 23.7 Å². The van der Waals surface area contributed by atoms with Gasteiger partial charge in [-0.3, -0.25) is 0 Å². The zero-order valence-electron chi connectivity index (χ0n) is 22.7. The Labute approximate surface area is 220 Å². The van der Waals surface area contributed by atoms with E-state index in [-0.39, 0.29) is 42.1 Å². The third-order valence-corrected chi connectivity index (χ3v) is 6.90. The number of aliphatic hydroxyl groups excluding tert-OH is 1. The van der Waals surface area contributed by atoms with Crippen LogP contribution >= 0.6 is 0 Å². The molecular formula is C30H40O7. The van der Waals surface area contributed by atoms with E-state index in [1.165, 1.54) is 17.2 Å². The summed E-state index contributed by atoms with van der Waals surface area (Å²) in [6, 6.07) is 11.1.